The molecule has 0 N–H and O–H groups in total. The summed E-state index contributed by atoms with van der Waals surface area (Å²) >= 11 is 5.81. The minimum atomic E-state index is -4.70. The van der Waals surface area contributed by atoms with Crippen molar-refractivity contribution >= 4 is 11.6 Å². The summed E-state index contributed by atoms with van der Waals surface area (Å²) < 4.78 is 40.3. The normalized spacial score (nSPS) is 15.0. The molecule has 0 spiro atoms. The number of nitrogens with zero attached hydrogens (tertiary/aromatic N) is 2. The first-order chi connectivity index (χ1) is 9.92. The van der Waals surface area contributed by atoms with E-state index in [1.165, 1.54) is 24.3 Å². The first-order valence-electron chi connectivity index (χ1n) is 6.31. The largest absolute Gasteiger partial charge is 0.573 e. The summed E-state index contributed by atoms with van der Waals surface area (Å²) in [5.41, 5.74) is 2.33. The second-order valence-corrected chi connectivity index (χ2v) is 5.13. The number of alkyl halides is 3. The molecule has 21 heavy (non-hydrogen) atoms. The van der Waals surface area contributed by atoms with E-state index in [0.29, 0.717) is 17.2 Å². The van der Waals surface area contributed by atoms with Crippen LogP contribution in [0.2, 0.25) is 5.28 Å². The molecule has 7 heteroatoms. The second-order valence-electron chi connectivity index (χ2n) is 4.79. The lowest BCUT2D eigenvalue weighted by Gasteiger charge is -2.11. The predicted molar refractivity (Wildman–Crippen MR) is 71.1 cm³/mol. The van der Waals surface area contributed by atoms with Gasteiger partial charge in [0.1, 0.15) is 5.75 Å². The van der Waals surface area contributed by atoms with Crippen LogP contribution in [0.1, 0.15) is 24.3 Å². The molecule has 1 aliphatic carbocycles. The highest BCUT2D eigenvalue weighted by atomic mass is 35.5. The first kappa shape index (κ1) is 14.1. The van der Waals surface area contributed by atoms with E-state index >= 15 is 0 Å². The van der Waals surface area contributed by atoms with E-state index in [2.05, 4.69) is 14.7 Å². The Morgan fingerprint density at radius 1 is 1.14 bits per heavy atom. The molecule has 0 aliphatic heterocycles. The average molecular weight is 315 g/mol. The molecule has 0 unspecified atom stereocenters. The van der Waals surface area contributed by atoms with E-state index in [1.54, 1.807) is 6.20 Å². The van der Waals surface area contributed by atoms with Gasteiger partial charge in [-0.05, 0) is 60.2 Å². The summed E-state index contributed by atoms with van der Waals surface area (Å²) in [7, 11) is 0. The smallest absolute Gasteiger partial charge is 0.406 e. The van der Waals surface area contributed by atoms with Crippen molar-refractivity contribution in [3.05, 3.63) is 41.3 Å². The third-order valence-corrected chi connectivity index (χ3v) is 3.35. The van der Waals surface area contributed by atoms with E-state index in [9.17, 15) is 13.2 Å². The topological polar surface area (TPSA) is 35.0 Å². The van der Waals surface area contributed by atoms with Crippen LogP contribution in [-0.4, -0.2) is 16.3 Å². The molecule has 3 nitrogen and oxygen atoms in total. The number of ether oxygens (including phenoxy) is 1. The monoisotopic (exact) mass is 314 g/mol. The van der Waals surface area contributed by atoms with Gasteiger partial charge in [0.15, 0.2) is 0 Å². The molecule has 1 heterocycles. The Morgan fingerprint density at radius 3 is 2.38 bits per heavy atom. The molecule has 0 bridgehead atoms. The minimum absolute atomic E-state index is 0.116. The van der Waals surface area contributed by atoms with Gasteiger partial charge in [-0.1, -0.05) is 0 Å². The molecule has 0 radical (unpaired) electrons. The maximum atomic E-state index is 12.1. The van der Waals surface area contributed by atoms with Crippen LogP contribution in [0.15, 0.2) is 30.5 Å². The van der Waals surface area contributed by atoms with Crippen molar-refractivity contribution < 1.29 is 17.9 Å². The summed E-state index contributed by atoms with van der Waals surface area (Å²) in [6.07, 6.45) is -0.887. The van der Waals surface area contributed by atoms with Gasteiger partial charge in [-0.2, -0.15) is 0 Å². The Labute approximate surface area is 123 Å². The summed E-state index contributed by atoms with van der Waals surface area (Å²) in [6.45, 7) is 0. The van der Waals surface area contributed by atoms with Crippen molar-refractivity contribution in [1.82, 2.24) is 9.97 Å². The number of aromatic nitrogens is 2. The van der Waals surface area contributed by atoms with Crippen LogP contribution in [0.5, 0.6) is 5.75 Å². The van der Waals surface area contributed by atoms with Crippen LogP contribution >= 0.6 is 11.6 Å². The number of benzene rings is 1. The van der Waals surface area contributed by atoms with E-state index < -0.39 is 6.36 Å². The van der Waals surface area contributed by atoms with Crippen molar-refractivity contribution in [2.24, 2.45) is 0 Å². The first-order valence-corrected chi connectivity index (χ1v) is 6.69. The molecule has 0 amide bonds. The lowest BCUT2D eigenvalue weighted by Crippen LogP contribution is -2.16. The fourth-order valence-corrected chi connectivity index (χ4v) is 2.24. The van der Waals surface area contributed by atoms with E-state index in [4.69, 9.17) is 11.6 Å². The van der Waals surface area contributed by atoms with Crippen LogP contribution in [0.4, 0.5) is 13.2 Å². The van der Waals surface area contributed by atoms with Crippen molar-refractivity contribution in [1.29, 1.82) is 0 Å². The van der Waals surface area contributed by atoms with Crippen molar-refractivity contribution in [3.63, 3.8) is 0 Å². The van der Waals surface area contributed by atoms with Crippen LogP contribution in [-0.2, 0) is 0 Å². The molecule has 1 aromatic carbocycles. The summed E-state index contributed by atoms with van der Waals surface area (Å²) in [6, 6.07) is 5.59. The van der Waals surface area contributed by atoms with Gasteiger partial charge in [-0.15, -0.1) is 13.2 Å². The van der Waals surface area contributed by atoms with Gasteiger partial charge in [0.25, 0.3) is 0 Å². The number of halogens is 4. The molecule has 1 saturated carbocycles. The number of hydrogen-bond donors (Lipinski definition) is 0. The standard InChI is InChI=1S/C14H10ClF3N2O/c15-13-19-7-11(8-1-2-8)12(20-13)9-3-5-10(6-4-9)21-14(16,17)18/h3-8H,1-2H2. The van der Waals surface area contributed by atoms with Crippen molar-refractivity contribution in [3.8, 4) is 17.0 Å². The highest BCUT2D eigenvalue weighted by Crippen LogP contribution is 2.43. The highest BCUT2D eigenvalue weighted by Gasteiger charge is 2.31. The molecular weight excluding hydrogens is 305 g/mol. The fraction of sp³-hybridized carbons (Fsp3) is 0.286. The van der Waals surface area contributed by atoms with Gasteiger partial charge in [0, 0.05) is 11.8 Å². The minimum Gasteiger partial charge on any atom is -0.406 e. The van der Waals surface area contributed by atoms with Gasteiger partial charge < -0.3 is 4.74 Å². The molecule has 3 rings (SSSR count). The quantitative estimate of drug-likeness (QED) is 0.778. The Hall–Kier alpha value is -1.82. The molecule has 0 atom stereocenters. The van der Waals surface area contributed by atoms with Crippen LogP contribution < -0.4 is 4.74 Å². The van der Waals surface area contributed by atoms with E-state index in [-0.39, 0.29) is 11.0 Å². The zero-order chi connectivity index (χ0) is 15.0. The lowest BCUT2D eigenvalue weighted by molar-refractivity contribution is -0.274. The Kier molecular flexibility index (Phi) is 3.49. The predicted octanol–water partition coefficient (Wildman–Crippen LogP) is 4.57. The molecule has 1 aliphatic rings. The zero-order valence-electron chi connectivity index (χ0n) is 10.7. The van der Waals surface area contributed by atoms with Gasteiger partial charge in [0.05, 0.1) is 5.69 Å². The Morgan fingerprint density at radius 2 is 1.81 bits per heavy atom. The summed E-state index contributed by atoms with van der Waals surface area (Å²) in [4.78, 5) is 8.17. The molecule has 1 aromatic heterocycles. The molecular formula is C14H10ClF3N2O. The summed E-state index contributed by atoms with van der Waals surface area (Å²) in [5, 5.41) is 0.116. The van der Waals surface area contributed by atoms with Crippen LogP contribution in [0.3, 0.4) is 0 Å². The van der Waals surface area contributed by atoms with Gasteiger partial charge in [0.2, 0.25) is 5.28 Å². The average Bonchev–Trinajstić information content (AvgIpc) is 3.22. The third kappa shape index (κ3) is 3.44. The summed E-state index contributed by atoms with van der Waals surface area (Å²) in [5.74, 6) is 0.141. The van der Waals surface area contributed by atoms with E-state index in [0.717, 1.165) is 18.4 Å². The van der Waals surface area contributed by atoms with Gasteiger partial charge in [-0.3, -0.25) is 0 Å². The fourth-order valence-electron chi connectivity index (χ4n) is 2.11. The molecule has 110 valence electrons. The van der Waals surface area contributed by atoms with Gasteiger partial charge >= 0.3 is 6.36 Å². The maximum Gasteiger partial charge on any atom is 0.573 e. The molecule has 2 aromatic rings. The highest BCUT2D eigenvalue weighted by molar-refractivity contribution is 6.28. The van der Waals surface area contributed by atoms with Crippen molar-refractivity contribution in [2.45, 2.75) is 25.1 Å². The Bertz CT molecular complexity index is 654. The van der Waals surface area contributed by atoms with Crippen LogP contribution in [0.25, 0.3) is 11.3 Å². The zero-order valence-corrected chi connectivity index (χ0v) is 11.4. The second kappa shape index (κ2) is 5.18. The third-order valence-electron chi connectivity index (χ3n) is 3.17. The van der Waals surface area contributed by atoms with E-state index in [1.807, 2.05) is 0 Å². The molecule has 0 saturated heterocycles. The Balaban J connectivity index is 1.92. The SMILES string of the molecule is FC(F)(F)Oc1ccc(-c2nc(Cl)ncc2C2CC2)cc1. The number of hydrogen-bond acceptors (Lipinski definition) is 3. The van der Waals surface area contributed by atoms with Crippen LogP contribution in [0, 0.1) is 0 Å². The molecule has 1 fully saturated rings. The lowest BCUT2D eigenvalue weighted by atomic mass is 10.0. The van der Waals surface area contributed by atoms with Gasteiger partial charge in [-0.25, -0.2) is 9.97 Å². The maximum absolute atomic E-state index is 12.1. The number of rotatable bonds is 3. The van der Waals surface area contributed by atoms with Crippen molar-refractivity contribution in [2.75, 3.05) is 0 Å².